The molecule has 5 rings (SSSR count). The van der Waals surface area contributed by atoms with Crippen molar-refractivity contribution in [1.82, 2.24) is 14.5 Å². The summed E-state index contributed by atoms with van der Waals surface area (Å²) in [7, 11) is 0. The van der Waals surface area contributed by atoms with Crippen molar-refractivity contribution in [3.8, 4) is 11.5 Å². The molecular weight excluding hydrogens is 451 g/mol. The zero-order chi connectivity index (χ0) is 23.5. The molecule has 5 aromatic rings. The molecule has 0 unspecified atom stereocenters. The van der Waals surface area contributed by atoms with Gasteiger partial charge >= 0.3 is 0 Å². The largest absolute Gasteiger partial charge is 0.441 e. The fourth-order valence-corrected chi connectivity index (χ4v) is 4.42. The van der Waals surface area contributed by atoms with E-state index in [2.05, 4.69) is 5.32 Å². The minimum Gasteiger partial charge on any atom is -0.441 e. The van der Waals surface area contributed by atoms with Crippen molar-refractivity contribution in [3.05, 3.63) is 96.1 Å². The third-order valence-electron chi connectivity index (χ3n) is 5.30. The van der Waals surface area contributed by atoms with Crippen molar-refractivity contribution in [1.29, 1.82) is 0 Å². The molecule has 0 aliphatic carbocycles. The first-order valence-corrected chi connectivity index (χ1v) is 11.7. The molecular formula is C26H21FN4O2S. The maximum atomic E-state index is 13.1. The molecule has 170 valence electrons. The van der Waals surface area contributed by atoms with Gasteiger partial charge in [0.05, 0.1) is 23.3 Å². The van der Waals surface area contributed by atoms with Gasteiger partial charge in [0, 0.05) is 11.3 Å². The minimum absolute atomic E-state index is 0.160. The van der Waals surface area contributed by atoms with Crippen molar-refractivity contribution in [2.75, 3.05) is 11.1 Å². The van der Waals surface area contributed by atoms with Crippen LogP contribution in [0.1, 0.15) is 11.5 Å². The maximum Gasteiger partial charge on any atom is 0.234 e. The Bertz CT molecular complexity index is 1450. The first-order chi connectivity index (χ1) is 16.6. The number of carbonyl (C=O) groups is 1. The Balaban J connectivity index is 1.38. The molecule has 0 saturated carbocycles. The lowest BCUT2D eigenvalue weighted by Gasteiger charge is -2.08. The number of hydrogen-bond donors (Lipinski definition) is 1. The van der Waals surface area contributed by atoms with Gasteiger partial charge in [-0.1, -0.05) is 42.1 Å². The lowest BCUT2D eigenvalue weighted by Crippen LogP contribution is -2.14. The Morgan fingerprint density at radius 2 is 1.74 bits per heavy atom. The van der Waals surface area contributed by atoms with E-state index < -0.39 is 0 Å². The van der Waals surface area contributed by atoms with Crippen molar-refractivity contribution in [3.63, 3.8) is 0 Å². The highest BCUT2D eigenvalue weighted by Crippen LogP contribution is 2.28. The second kappa shape index (κ2) is 9.52. The zero-order valence-corrected chi connectivity index (χ0v) is 19.2. The average Bonchev–Trinajstić information content (AvgIpc) is 3.40. The molecule has 0 bridgehead atoms. The summed E-state index contributed by atoms with van der Waals surface area (Å²) in [6.45, 7) is 2.36. The molecule has 2 heterocycles. The third kappa shape index (κ3) is 4.72. The number of carbonyl (C=O) groups excluding carboxylic acids is 1. The van der Waals surface area contributed by atoms with E-state index in [-0.39, 0.29) is 17.5 Å². The lowest BCUT2D eigenvalue weighted by molar-refractivity contribution is -0.113. The summed E-state index contributed by atoms with van der Waals surface area (Å²) in [5, 5.41) is 3.49. The molecule has 0 aliphatic heterocycles. The van der Waals surface area contributed by atoms with Crippen LogP contribution in [-0.4, -0.2) is 26.2 Å². The maximum absolute atomic E-state index is 13.1. The Hall–Kier alpha value is -3.91. The van der Waals surface area contributed by atoms with Gasteiger partial charge in [-0.25, -0.2) is 14.4 Å². The number of aryl methyl sites for hydroxylation is 1. The van der Waals surface area contributed by atoms with E-state index in [4.69, 9.17) is 14.4 Å². The molecule has 8 heteroatoms. The third-order valence-corrected chi connectivity index (χ3v) is 6.28. The van der Waals surface area contributed by atoms with E-state index in [1.807, 2.05) is 66.1 Å². The SMILES string of the molecule is Cc1oc(-c2ccccc2)nc1Cn1c(SCC(=O)Nc2ccc(F)cc2)nc2ccccc21. The Labute approximate surface area is 199 Å². The molecule has 34 heavy (non-hydrogen) atoms. The summed E-state index contributed by atoms with van der Waals surface area (Å²) in [6, 6.07) is 23.3. The van der Waals surface area contributed by atoms with Gasteiger partial charge in [-0.15, -0.1) is 0 Å². The van der Waals surface area contributed by atoms with E-state index in [9.17, 15) is 9.18 Å². The highest BCUT2D eigenvalue weighted by molar-refractivity contribution is 7.99. The minimum atomic E-state index is -0.348. The topological polar surface area (TPSA) is 73.0 Å². The molecule has 0 saturated heterocycles. The molecule has 1 N–H and O–H groups in total. The average molecular weight is 473 g/mol. The lowest BCUT2D eigenvalue weighted by atomic mass is 10.2. The number of fused-ring (bicyclic) bond motifs is 1. The number of oxazole rings is 1. The van der Waals surface area contributed by atoms with Gasteiger partial charge in [0.2, 0.25) is 11.8 Å². The predicted molar refractivity (Wildman–Crippen MR) is 131 cm³/mol. The number of imidazole rings is 1. The second-order valence-corrected chi connectivity index (χ2v) is 8.64. The van der Waals surface area contributed by atoms with Crippen molar-refractivity contribution in [2.45, 2.75) is 18.6 Å². The summed E-state index contributed by atoms with van der Waals surface area (Å²) in [5.41, 5.74) is 4.06. The number of halogens is 1. The second-order valence-electron chi connectivity index (χ2n) is 7.70. The van der Waals surface area contributed by atoms with E-state index in [0.717, 1.165) is 28.1 Å². The van der Waals surface area contributed by atoms with Crippen LogP contribution in [0.15, 0.2) is 88.4 Å². The molecule has 0 fully saturated rings. The van der Waals surface area contributed by atoms with E-state index >= 15 is 0 Å². The number of thioether (sulfide) groups is 1. The van der Waals surface area contributed by atoms with E-state index in [0.29, 0.717) is 23.3 Å². The number of rotatable bonds is 7. The number of aromatic nitrogens is 3. The normalized spacial score (nSPS) is 11.1. The summed E-state index contributed by atoms with van der Waals surface area (Å²) in [6.07, 6.45) is 0. The van der Waals surface area contributed by atoms with Crippen molar-refractivity contribution < 1.29 is 13.6 Å². The number of nitrogens with one attached hydrogen (secondary N) is 1. The van der Waals surface area contributed by atoms with Crippen LogP contribution in [0, 0.1) is 12.7 Å². The first kappa shape index (κ1) is 21.9. The number of hydrogen-bond acceptors (Lipinski definition) is 5. The quantitative estimate of drug-likeness (QED) is 0.298. The van der Waals surface area contributed by atoms with Crippen LogP contribution in [0.2, 0.25) is 0 Å². The molecule has 1 amide bonds. The Kier molecular flexibility index (Phi) is 6.14. The molecule has 6 nitrogen and oxygen atoms in total. The number of anilines is 1. The molecule has 3 aromatic carbocycles. The summed E-state index contributed by atoms with van der Waals surface area (Å²) < 4.78 is 21.1. The van der Waals surface area contributed by atoms with E-state index in [1.165, 1.54) is 36.0 Å². The summed E-state index contributed by atoms with van der Waals surface area (Å²) in [4.78, 5) is 21.9. The van der Waals surface area contributed by atoms with Crippen LogP contribution < -0.4 is 5.32 Å². The fourth-order valence-electron chi connectivity index (χ4n) is 3.61. The van der Waals surface area contributed by atoms with Gasteiger partial charge in [0.25, 0.3) is 0 Å². The van der Waals surface area contributed by atoms with Gasteiger partial charge in [-0.2, -0.15) is 0 Å². The van der Waals surface area contributed by atoms with Crippen LogP contribution in [0.5, 0.6) is 0 Å². The number of nitrogens with zero attached hydrogens (tertiary/aromatic N) is 3. The molecule has 0 radical (unpaired) electrons. The van der Waals surface area contributed by atoms with Crippen LogP contribution in [0.25, 0.3) is 22.5 Å². The first-order valence-electron chi connectivity index (χ1n) is 10.7. The zero-order valence-electron chi connectivity index (χ0n) is 18.4. The molecule has 0 atom stereocenters. The fraction of sp³-hybridized carbons (Fsp3) is 0.115. The monoisotopic (exact) mass is 472 g/mol. The Morgan fingerprint density at radius 1 is 1.00 bits per heavy atom. The highest BCUT2D eigenvalue weighted by atomic mass is 32.2. The number of benzene rings is 3. The van der Waals surface area contributed by atoms with Crippen LogP contribution >= 0.6 is 11.8 Å². The summed E-state index contributed by atoms with van der Waals surface area (Å²) in [5.74, 6) is 0.930. The van der Waals surface area contributed by atoms with Gasteiger partial charge in [0.15, 0.2) is 5.16 Å². The van der Waals surface area contributed by atoms with Crippen molar-refractivity contribution >= 4 is 34.4 Å². The number of para-hydroxylation sites is 2. The molecule has 0 aliphatic rings. The van der Waals surface area contributed by atoms with Gasteiger partial charge < -0.3 is 14.3 Å². The number of amides is 1. The highest BCUT2D eigenvalue weighted by Gasteiger charge is 2.17. The van der Waals surface area contributed by atoms with E-state index in [1.54, 1.807) is 0 Å². The van der Waals surface area contributed by atoms with Crippen molar-refractivity contribution in [2.24, 2.45) is 0 Å². The predicted octanol–water partition coefficient (Wildman–Crippen LogP) is 5.92. The van der Waals surface area contributed by atoms with Gasteiger partial charge in [-0.3, -0.25) is 4.79 Å². The van der Waals surface area contributed by atoms with Gasteiger partial charge in [0.1, 0.15) is 17.3 Å². The van der Waals surface area contributed by atoms with Gasteiger partial charge in [-0.05, 0) is 55.5 Å². The Morgan fingerprint density at radius 3 is 2.53 bits per heavy atom. The van der Waals surface area contributed by atoms with Crippen LogP contribution in [-0.2, 0) is 11.3 Å². The smallest absolute Gasteiger partial charge is 0.234 e. The summed E-state index contributed by atoms with van der Waals surface area (Å²) >= 11 is 1.34. The van der Waals surface area contributed by atoms with Crippen LogP contribution in [0.3, 0.4) is 0 Å². The van der Waals surface area contributed by atoms with Crippen LogP contribution in [0.4, 0.5) is 10.1 Å². The molecule has 0 spiro atoms. The standard InChI is InChI=1S/C26H21FN4O2S/c1-17-22(29-25(33-17)18-7-3-2-4-8-18)15-31-23-10-6-5-9-21(23)30-26(31)34-16-24(32)28-20-13-11-19(27)12-14-20/h2-14H,15-16H2,1H3,(H,28,32). The molecule has 2 aromatic heterocycles.